The third kappa shape index (κ3) is 3.17. The van der Waals surface area contributed by atoms with Crippen LogP contribution in [0.4, 0.5) is 11.4 Å². The average Bonchev–Trinajstić information content (AvgIpc) is 2.33. The van der Waals surface area contributed by atoms with Gasteiger partial charge in [0.1, 0.15) is 0 Å². The van der Waals surface area contributed by atoms with Gasteiger partial charge < -0.3 is 10.6 Å². The molecular weight excluding hydrogens is 286 g/mol. The van der Waals surface area contributed by atoms with Crippen LogP contribution in [0.1, 0.15) is 12.8 Å². The number of nitrogens with zero attached hydrogens (tertiary/aromatic N) is 1. The van der Waals surface area contributed by atoms with Crippen LogP contribution in [0.15, 0.2) is 22.7 Å². The lowest BCUT2D eigenvalue weighted by atomic mass is 10.1. The van der Waals surface area contributed by atoms with Gasteiger partial charge in [0.15, 0.2) is 0 Å². The van der Waals surface area contributed by atoms with Gasteiger partial charge in [0, 0.05) is 22.6 Å². The zero-order chi connectivity index (χ0) is 12.3. The second-order valence-electron chi connectivity index (χ2n) is 4.09. The van der Waals surface area contributed by atoms with Crippen LogP contribution in [-0.4, -0.2) is 24.1 Å². The Kier molecular flexibility index (Phi) is 3.96. The van der Waals surface area contributed by atoms with E-state index in [-0.39, 0.29) is 10.6 Å². The Labute approximate surface area is 108 Å². The summed E-state index contributed by atoms with van der Waals surface area (Å²) in [4.78, 5) is 10.3. The smallest absolute Gasteiger partial charge is 0.271 e. The van der Waals surface area contributed by atoms with Crippen LogP contribution in [0, 0.1) is 10.1 Å². The quantitative estimate of drug-likeness (QED) is 0.665. The largest absolute Gasteiger partial charge is 0.381 e. The second kappa shape index (κ2) is 5.46. The molecule has 0 spiro atoms. The molecule has 0 aliphatic carbocycles. The highest BCUT2D eigenvalue weighted by molar-refractivity contribution is 9.10. The number of piperidine rings is 1. The van der Waals surface area contributed by atoms with Gasteiger partial charge in [-0.3, -0.25) is 10.1 Å². The molecule has 2 N–H and O–H groups in total. The Morgan fingerprint density at radius 1 is 1.41 bits per heavy atom. The Hall–Kier alpha value is -1.14. The molecule has 1 saturated heterocycles. The van der Waals surface area contributed by atoms with Crippen LogP contribution in [0.5, 0.6) is 0 Å². The van der Waals surface area contributed by atoms with E-state index in [2.05, 4.69) is 26.6 Å². The molecule has 0 amide bonds. The molecule has 6 heteroatoms. The molecule has 0 bridgehead atoms. The fraction of sp³-hybridized carbons (Fsp3) is 0.455. The predicted molar refractivity (Wildman–Crippen MR) is 70.3 cm³/mol. The van der Waals surface area contributed by atoms with Gasteiger partial charge in [-0.2, -0.15) is 0 Å². The highest BCUT2D eigenvalue weighted by atomic mass is 79.9. The summed E-state index contributed by atoms with van der Waals surface area (Å²) >= 11 is 3.41. The molecule has 5 nitrogen and oxygen atoms in total. The number of hydrogen-bond acceptors (Lipinski definition) is 4. The fourth-order valence-electron chi connectivity index (χ4n) is 1.92. The van der Waals surface area contributed by atoms with Gasteiger partial charge >= 0.3 is 0 Å². The Bertz CT molecular complexity index is 419. The van der Waals surface area contributed by atoms with Crippen LogP contribution in [-0.2, 0) is 0 Å². The van der Waals surface area contributed by atoms with Crippen molar-refractivity contribution in [3.63, 3.8) is 0 Å². The van der Waals surface area contributed by atoms with Gasteiger partial charge in [-0.15, -0.1) is 0 Å². The van der Waals surface area contributed by atoms with Crippen molar-refractivity contribution in [1.29, 1.82) is 0 Å². The van der Waals surface area contributed by atoms with Gasteiger partial charge in [-0.05, 0) is 47.9 Å². The van der Waals surface area contributed by atoms with E-state index in [9.17, 15) is 10.1 Å². The maximum Gasteiger partial charge on any atom is 0.271 e. The molecule has 1 fully saturated rings. The first kappa shape index (κ1) is 12.3. The van der Waals surface area contributed by atoms with Gasteiger partial charge in [-0.1, -0.05) is 0 Å². The highest BCUT2D eigenvalue weighted by Gasteiger charge is 2.15. The number of anilines is 1. The molecule has 0 radical (unpaired) electrons. The van der Waals surface area contributed by atoms with Crippen molar-refractivity contribution in [3.05, 3.63) is 32.8 Å². The first-order valence-electron chi connectivity index (χ1n) is 5.58. The van der Waals surface area contributed by atoms with E-state index in [0.29, 0.717) is 6.04 Å². The summed E-state index contributed by atoms with van der Waals surface area (Å²) in [6.45, 7) is 1.98. The molecule has 0 atom stereocenters. The molecule has 1 aromatic rings. The van der Waals surface area contributed by atoms with Crippen LogP contribution in [0.3, 0.4) is 0 Å². The summed E-state index contributed by atoms with van der Waals surface area (Å²) < 4.78 is 0.863. The lowest BCUT2D eigenvalue weighted by Gasteiger charge is -2.25. The minimum absolute atomic E-state index is 0.115. The number of rotatable bonds is 3. The molecule has 1 aliphatic rings. The number of nitrogens with one attached hydrogen (secondary N) is 2. The number of hydrogen-bond donors (Lipinski definition) is 2. The minimum atomic E-state index is -0.375. The second-order valence-corrected chi connectivity index (χ2v) is 4.94. The molecular formula is C11H14BrN3O2. The molecule has 92 valence electrons. The molecule has 0 aromatic heterocycles. The van der Waals surface area contributed by atoms with Crippen LogP contribution in [0.2, 0.25) is 0 Å². The summed E-state index contributed by atoms with van der Waals surface area (Å²) in [6.07, 6.45) is 2.07. The van der Waals surface area contributed by atoms with Crippen molar-refractivity contribution in [1.82, 2.24) is 5.32 Å². The third-order valence-electron chi connectivity index (χ3n) is 2.86. The van der Waals surface area contributed by atoms with Crippen LogP contribution in [0.25, 0.3) is 0 Å². The normalized spacial score (nSPS) is 16.8. The molecule has 1 heterocycles. The lowest BCUT2D eigenvalue weighted by Crippen LogP contribution is -2.35. The zero-order valence-electron chi connectivity index (χ0n) is 9.28. The maximum absolute atomic E-state index is 10.7. The zero-order valence-corrected chi connectivity index (χ0v) is 10.9. The van der Waals surface area contributed by atoms with E-state index in [0.717, 1.165) is 36.1 Å². The third-order valence-corrected chi connectivity index (χ3v) is 3.55. The Morgan fingerprint density at radius 3 is 2.76 bits per heavy atom. The highest BCUT2D eigenvalue weighted by Crippen LogP contribution is 2.28. The molecule has 0 unspecified atom stereocenters. The van der Waals surface area contributed by atoms with E-state index in [1.54, 1.807) is 12.1 Å². The summed E-state index contributed by atoms with van der Waals surface area (Å²) in [6, 6.07) is 5.17. The minimum Gasteiger partial charge on any atom is -0.381 e. The first-order chi connectivity index (χ1) is 8.16. The van der Waals surface area contributed by atoms with Gasteiger partial charge in [0.05, 0.1) is 10.6 Å². The molecule has 1 aromatic carbocycles. The predicted octanol–water partition coefficient (Wildman–Crippen LogP) is 2.52. The van der Waals surface area contributed by atoms with Crippen molar-refractivity contribution in [2.75, 3.05) is 18.4 Å². The van der Waals surface area contributed by atoms with Crippen molar-refractivity contribution < 1.29 is 4.92 Å². The lowest BCUT2D eigenvalue weighted by molar-refractivity contribution is -0.384. The standard InChI is InChI=1S/C11H14BrN3O2/c12-10-2-1-9(15(16)17)7-11(10)14-8-3-5-13-6-4-8/h1-2,7-8,13-14H,3-6H2. The summed E-state index contributed by atoms with van der Waals surface area (Å²) in [5.74, 6) is 0. The van der Waals surface area contributed by atoms with Crippen LogP contribution >= 0.6 is 15.9 Å². The summed E-state index contributed by atoms with van der Waals surface area (Å²) in [5.41, 5.74) is 0.913. The molecule has 1 aliphatic heterocycles. The van der Waals surface area contributed by atoms with Crippen molar-refractivity contribution >= 4 is 27.3 Å². The number of nitro benzene ring substituents is 1. The summed E-state index contributed by atoms with van der Waals surface area (Å²) in [7, 11) is 0. The van der Waals surface area contributed by atoms with Gasteiger partial charge in [-0.25, -0.2) is 0 Å². The Morgan fingerprint density at radius 2 is 2.12 bits per heavy atom. The van der Waals surface area contributed by atoms with Crippen molar-refractivity contribution in [2.45, 2.75) is 18.9 Å². The average molecular weight is 300 g/mol. The number of benzene rings is 1. The SMILES string of the molecule is O=[N+]([O-])c1ccc(Br)c(NC2CCNCC2)c1. The van der Waals surface area contributed by atoms with Crippen molar-refractivity contribution in [2.24, 2.45) is 0 Å². The number of halogens is 1. The molecule has 17 heavy (non-hydrogen) atoms. The van der Waals surface area contributed by atoms with E-state index in [1.165, 1.54) is 6.07 Å². The maximum atomic E-state index is 10.7. The molecule has 2 rings (SSSR count). The van der Waals surface area contributed by atoms with E-state index >= 15 is 0 Å². The number of nitro groups is 1. The number of non-ortho nitro benzene ring substituents is 1. The van der Waals surface area contributed by atoms with Gasteiger partial charge in [0.25, 0.3) is 5.69 Å². The van der Waals surface area contributed by atoms with E-state index < -0.39 is 0 Å². The van der Waals surface area contributed by atoms with E-state index in [1.807, 2.05) is 0 Å². The van der Waals surface area contributed by atoms with E-state index in [4.69, 9.17) is 0 Å². The van der Waals surface area contributed by atoms with Crippen LogP contribution < -0.4 is 10.6 Å². The fourth-order valence-corrected chi connectivity index (χ4v) is 2.28. The Balaban J connectivity index is 2.13. The van der Waals surface area contributed by atoms with Crippen molar-refractivity contribution in [3.8, 4) is 0 Å². The molecule has 0 saturated carbocycles. The topological polar surface area (TPSA) is 67.2 Å². The van der Waals surface area contributed by atoms with Gasteiger partial charge in [0.2, 0.25) is 0 Å². The summed E-state index contributed by atoms with van der Waals surface area (Å²) in [5, 5.41) is 17.3. The first-order valence-corrected chi connectivity index (χ1v) is 6.37. The monoisotopic (exact) mass is 299 g/mol.